The van der Waals surface area contributed by atoms with Gasteiger partial charge in [0.25, 0.3) is 5.66 Å². The molecule has 126 valence electrons. The molecular weight excluding hydrogens is 322 g/mol. The van der Waals surface area contributed by atoms with Crippen molar-refractivity contribution >= 4 is 20.6 Å². The molecule has 0 aliphatic rings. The molecule has 0 amide bonds. The lowest BCUT2D eigenvalue weighted by Crippen LogP contribution is -2.16. The normalized spacial score (nSPS) is 12.8. The molecule has 0 aliphatic carbocycles. The molecule has 22 heavy (non-hydrogen) atoms. The van der Waals surface area contributed by atoms with E-state index in [1.807, 2.05) is 13.8 Å². The molecule has 8 heteroatoms. The molecule has 0 bridgehead atoms. The SMILES string of the molecule is CC.CC(CN)=Nc1cc(C(F)(F)P)c(C(F)(F)F)cc1C. The highest BCUT2D eigenvalue weighted by molar-refractivity contribution is 7.17. The van der Waals surface area contributed by atoms with E-state index in [1.165, 1.54) is 6.92 Å². The number of rotatable bonds is 3. The summed E-state index contributed by atoms with van der Waals surface area (Å²) < 4.78 is 65.2. The van der Waals surface area contributed by atoms with Gasteiger partial charge in [0.1, 0.15) is 0 Å². The summed E-state index contributed by atoms with van der Waals surface area (Å²) in [7, 11) is 1.11. The van der Waals surface area contributed by atoms with E-state index in [0.29, 0.717) is 11.8 Å². The van der Waals surface area contributed by atoms with Crippen LogP contribution in [0.1, 0.15) is 37.5 Å². The fourth-order valence-electron chi connectivity index (χ4n) is 1.58. The first-order chi connectivity index (χ1) is 9.96. The Morgan fingerprint density at radius 2 is 1.64 bits per heavy atom. The largest absolute Gasteiger partial charge is 0.416 e. The van der Waals surface area contributed by atoms with Gasteiger partial charge in [-0.3, -0.25) is 4.99 Å². The lowest BCUT2D eigenvalue weighted by atomic mass is 10.0. The highest BCUT2D eigenvalue weighted by Gasteiger charge is 2.40. The first kappa shape index (κ1) is 20.9. The van der Waals surface area contributed by atoms with Crippen molar-refractivity contribution in [3.8, 4) is 0 Å². The van der Waals surface area contributed by atoms with Crippen molar-refractivity contribution < 1.29 is 22.0 Å². The highest BCUT2D eigenvalue weighted by atomic mass is 31.0. The average Bonchev–Trinajstić information content (AvgIpc) is 2.40. The summed E-state index contributed by atoms with van der Waals surface area (Å²) in [6.45, 7) is 7.03. The highest BCUT2D eigenvalue weighted by Crippen LogP contribution is 2.45. The molecule has 2 nitrogen and oxygen atoms in total. The Bertz CT molecular complexity index is 533. The first-order valence-corrected chi connectivity index (χ1v) is 7.17. The van der Waals surface area contributed by atoms with Crippen LogP contribution in [0.5, 0.6) is 0 Å². The summed E-state index contributed by atoms with van der Waals surface area (Å²) in [5.74, 6) is 0. The molecule has 0 saturated carbocycles. The first-order valence-electron chi connectivity index (χ1n) is 6.60. The number of aliphatic imine (C=N–C) groups is 1. The monoisotopic (exact) mass is 342 g/mol. The molecule has 1 rings (SSSR count). The van der Waals surface area contributed by atoms with Crippen molar-refractivity contribution in [1.82, 2.24) is 0 Å². The van der Waals surface area contributed by atoms with Gasteiger partial charge in [0.15, 0.2) is 0 Å². The van der Waals surface area contributed by atoms with Crippen LogP contribution in [0.15, 0.2) is 17.1 Å². The smallest absolute Gasteiger partial charge is 0.325 e. The Morgan fingerprint density at radius 1 is 1.14 bits per heavy atom. The van der Waals surface area contributed by atoms with Crippen molar-refractivity contribution in [2.45, 2.75) is 39.5 Å². The molecule has 1 unspecified atom stereocenters. The van der Waals surface area contributed by atoms with Crippen molar-refractivity contribution in [3.05, 3.63) is 28.8 Å². The Balaban J connectivity index is 0.00000211. The predicted octanol–water partition coefficient (Wildman–Crippen LogP) is 5.02. The van der Waals surface area contributed by atoms with Gasteiger partial charge >= 0.3 is 6.18 Å². The number of hydrogen-bond acceptors (Lipinski definition) is 2. The van der Waals surface area contributed by atoms with Gasteiger partial charge in [-0.1, -0.05) is 23.1 Å². The van der Waals surface area contributed by atoms with E-state index in [1.54, 1.807) is 6.92 Å². The Morgan fingerprint density at radius 3 is 2.00 bits per heavy atom. The van der Waals surface area contributed by atoms with Crippen molar-refractivity contribution in [3.63, 3.8) is 0 Å². The molecule has 0 aliphatic heterocycles. The van der Waals surface area contributed by atoms with E-state index in [0.717, 1.165) is 15.3 Å². The average molecular weight is 342 g/mol. The number of nitrogens with two attached hydrogens (primary N) is 1. The minimum absolute atomic E-state index is 0.0538. The van der Waals surface area contributed by atoms with Gasteiger partial charge < -0.3 is 5.73 Å². The number of halogens is 5. The van der Waals surface area contributed by atoms with Crippen LogP contribution < -0.4 is 5.73 Å². The second kappa shape index (κ2) is 7.97. The molecule has 0 spiro atoms. The van der Waals surface area contributed by atoms with Crippen LogP contribution >= 0.6 is 9.24 Å². The van der Waals surface area contributed by atoms with Gasteiger partial charge in [-0.05, 0) is 31.5 Å². The van der Waals surface area contributed by atoms with E-state index in [9.17, 15) is 22.0 Å². The minimum atomic E-state index is -4.86. The zero-order valence-corrected chi connectivity index (χ0v) is 14.0. The summed E-state index contributed by atoms with van der Waals surface area (Å²) in [4.78, 5) is 3.96. The molecule has 0 radical (unpaired) electrons. The lowest BCUT2D eigenvalue weighted by Gasteiger charge is -2.19. The maximum atomic E-state index is 13.4. The molecule has 0 fully saturated rings. The van der Waals surface area contributed by atoms with E-state index in [4.69, 9.17) is 5.73 Å². The summed E-state index contributed by atoms with van der Waals surface area (Å²) in [6, 6.07) is 1.43. The number of nitrogens with zero attached hydrogens (tertiary/aromatic N) is 1. The Hall–Kier alpha value is -1.07. The zero-order valence-electron chi connectivity index (χ0n) is 12.9. The fraction of sp³-hybridized carbons (Fsp3) is 0.500. The topological polar surface area (TPSA) is 38.4 Å². The molecular formula is C14H20F5N2P. The standard InChI is InChI=1S/C12H14F5N2P.C2H6/c1-6-3-8(11(13,14)15)9(12(16,17)20)4-10(6)19-7(2)5-18;1-2/h3-4H,5,18,20H2,1-2H3;1-2H3. The fourth-order valence-corrected chi connectivity index (χ4v) is 1.82. The third kappa shape index (κ3) is 5.61. The van der Waals surface area contributed by atoms with E-state index in [2.05, 4.69) is 4.99 Å². The predicted molar refractivity (Wildman–Crippen MR) is 83.0 cm³/mol. The van der Waals surface area contributed by atoms with Crippen molar-refractivity contribution in [2.75, 3.05) is 6.54 Å². The number of hydrogen-bond donors (Lipinski definition) is 1. The third-order valence-corrected chi connectivity index (χ3v) is 2.92. The second-order valence-electron chi connectivity index (χ2n) is 4.36. The van der Waals surface area contributed by atoms with Crippen LogP contribution in [0.3, 0.4) is 0 Å². The van der Waals surface area contributed by atoms with E-state index in [-0.39, 0.29) is 17.8 Å². The molecule has 0 heterocycles. The van der Waals surface area contributed by atoms with Crippen LogP contribution in [0.25, 0.3) is 0 Å². The molecule has 0 aromatic heterocycles. The quantitative estimate of drug-likeness (QED) is 0.468. The van der Waals surface area contributed by atoms with Gasteiger partial charge in [-0.25, -0.2) is 0 Å². The van der Waals surface area contributed by atoms with Crippen LogP contribution in [0.2, 0.25) is 0 Å². The lowest BCUT2D eigenvalue weighted by molar-refractivity contribution is -0.140. The number of alkyl halides is 5. The summed E-state index contributed by atoms with van der Waals surface area (Å²) >= 11 is 0. The van der Waals surface area contributed by atoms with Crippen LogP contribution in [0, 0.1) is 6.92 Å². The number of aryl methyl sites for hydroxylation is 1. The Kier molecular flexibility index (Phi) is 7.58. The summed E-state index contributed by atoms with van der Waals surface area (Å²) in [5.41, 5.74) is -0.202. The van der Waals surface area contributed by atoms with Crippen LogP contribution in [-0.4, -0.2) is 12.3 Å². The van der Waals surface area contributed by atoms with Gasteiger partial charge in [0.2, 0.25) is 0 Å². The molecule has 2 N–H and O–H groups in total. The van der Waals surface area contributed by atoms with E-state index >= 15 is 0 Å². The summed E-state index contributed by atoms with van der Waals surface area (Å²) in [5, 5.41) is 0. The Labute approximate surface area is 129 Å². The zero-order chi connectivity index (χ0) is 17.7. The maximum absolute atomic E-state index is 13.4. The molecule has 1 atom stereocenters. The van der Waals surface area contributed by atoms with Gasteiger partial charge in [-0.2, -0.15) is 22.0 Å². The van der Waals surface area contributed by atoms with Gasteiger partial charge in [0, 0.05) is 17.8 Å². The van der Waals surface area contributed by atoms with Crippen LogP contribution in [0.4, 0.5) is 27.6 Å². The second-order valence-corrected chi connectivity index (χ2v) is 5.08. The number of benzene rings is 1. The van der Waals surface area contributed by atoms with Crippen molar-refractivity contribution in [2.24, 2.45) is 10.7 Å². The third-order valence-electron chi connectivity index (χ3n) is 2.61. The van der Waals surface area contributed by atoms with Crippen LogP contribution in [-0.2, 0) is 11.8 Å². The molecule has 0 saturated heterocycles. The maximum Gasteiger partial charge on any atom is 0.416 e. The van der Waals surface area contributed by atoms with E-state index < -0.39 is 23.0 Å². The van der Waals surface area contributed by atoms with Gasteiger partial charge in [0.05, 0.1) is 11.3 Å². The van der Waals surface area contributed by atoms with Gasteiger partial charge in [-0.15, -0.1) is 0 Å². The van der Waals surface area contributed by atoms with Crippen molar-refractivity contribution in [1.29, 1.82) is 0 Å². The minimum Gasteiger partial charge on any atom is -0.325 e. The molecule has 1 aromatic carbocycles. The summed E-state index contributed by atoms with van der Waals surface area (Å²) in [6.07, 6.45) is -4.86. The molecule has 1 aromatic rings.